The molecule has 2 heterocycles. The van der Waals surface area contributed by atoms with Gasteiger partial charge in [-0.1, -0.05) is 37.6 Å². The number of aromatic amines is 1. The lowest BCUT2D eigenvalue weighted by Crippen LogP contribution is -2.35. The van der Waals surface area contributed by atoms with Gasteiger partial charge in [-0.3, -0.25) is 4.79 Å². The van der Waals surface area contributed by atoms with E-state index in [0.29, 0.717) is 5.82 Å². The molecule has 3 N–H and O–H groups in total. The highest BCUT2D eigenvalue weighted by Crippen LogP contribution is 2.24. The van der Waals surface area contributed by atoms with Crippen LogP contribution in [0.4, 0.5) is 0 Å². The van der Waals surface area contributed by atoms with Crippen molar-refractivity contribution in [3.05, 3.63) is 42.0 Å². The smallest absolute Gasteiger partial charge is 0.358 e. The summed E-state index contributed by atoms with van der Waals surface area (Å²) in [6.07, 6.45) is 2.08. The fourth-order valence-corrected chi connectivity index (χ4v) is 2.68. The van der Waals surface area contributed by atoms with Crippen molar-refractivity contribution in [1.29, 1.82) is 0 Å². The molecule has 0 radical (unpaired) electrons. The van der Waals surface area contributed by atoms with E-state index < -0.39 is 5.97 Å². The third kappa shape index (κ3) is 3.71. The number of amides is 1. The number of nitrogens with zero attached hydrogens (tertiary/aromatic N) is 4. The number of carboxylic acid groups (broad SMARTS) is 1. The fraction of sp³-hybridized carbons (Fsp3) is 0.353. The van der Waals surface area contributed by atoms with Gasteiger partial charge in [0.05, 0.1) is 23.3 Å². The molecular formula is C17H20N6O3. The molecule has 26 heavy (non-hydrogen) atoms. The summed E-state index contributed by atoms with van der Waals surface area (Å²) < 4.78 is 1.20. The molecule has 0 bridgehead atoms. The molecule has 0 aliphatic rings. The average Bonchev–Trinajstić information content (AvgIpc) is 3.25. The quantitative estimate of drug-likeness (QED) is 0.592. The van der Waals surface area contributed by atoms with Crippen LogP contribution in [0.25, 0.3) is 11.0 Å². The minimum atomic E-state index is -1.18. The van der Waals surface area contributed by atoms with Gasteiger partial charge in [-0.2, -0.15) is 0 Å². The average molecular weight is 356 g/mol. The molecule has 3 aromatic rings. The molecule has 3 rings (SSSR count). The fourth-order valence-electron chi connectivity index (χ4n) is 2.68. The molecule has 136 valence electrons. The lowest BCUT2D eigenvalue weighted by atomic mass is 9.98. The standard InChI is InChI=1S/C17H20N6O3/c1-3-10(2)15(16-18-11-6-4-5-7-12(11)19-16)20-14(24)9-23-8-13(17(25)26)21-22-23/h4-8,10,15H,3,9H2,1-2H3,(H,18,19)(H,20,24)(H,25,26). The molecular weight excluding hydrogens is 336 g/mol. The second-order valence-electron chi connectivity index (χ2n) is 6.18. The number of imidazole rings is 1. The van der Waals surface area contributed by atoms with Crippen LogP contribution >= 0.6 is 0 Å². The summed E-state index contributed by atoms with van der Waals surface area (Å²) in [6.45, 7) is 3.96. The maximum absolute atomic E-state index is 12.4. The van der Waals surface area contributed by atoms with Gasteiger partial charge in [-0.15, -0.1) is 5.10 Å². The predicted molar refractivity (Wildman–Crippen MR) is 93.4 cm³/mol. The van der Waals surface area contributed by atoms with E-state index in [4.69, 9.17) is 5.11 Å². The first-order valence-electron chi connectivity index (χ1n) is 8.35. The molecule has 0 aliphatic carbocycles. The van der Waals surface area contributed by atoms with Crippen LogP contribution in [0, 0.1) is 5.92 Å². The van der Waals surface area contributed by atoms with Crippen LogP contribution in [0.2, 0.25) is 0 Å². The zero-order valence-electron chi connectivity index (χ0n) is 14.5. The van der Waals surface area contributed by atoms with E-state index in [0.717, 1.165) is 17.5 Å². The van der Waals surface area contributed by atoms with E-state index in [1.165, 1.54) is 10.9 Å². The molecule has 0 fully saturated rings. The van der Waals surface area contributed by atoms with Crippen LogP contribution in [0.15, 0.2) is 30.5 Å². The van der Waals surface area contributed by atoms with E-state index in [1.54, 1.807) is 0 Å². The zero-order valence-corrected chi connectivity index (χ0v) is 14.5. The number of H-pyrrole nitrogens is 1. The van der Waals surface area contributed by atoms with Crippen LogP contribution < -0.4 is 5.32 Å². The summed E-state index contributed by atoms with van der Waals surface area (Å²) in [4.78, 5) is 31.1. The molecule has 0 aliphatic heterocycles. The van der Waals surface area contributed by atoms with Crippen LogP contribution in [0.3, 0.4) is 0 Å². The number of rotatable bonds is 7. The van der Waals surface area contributed by atoms with Gasteiger partial charge in [0.2, 0.25) is 5.91 Å². The van der Waals surface area contributed by atoms with E-state index in [-0.39, 0.29) is 30.1 Å². The second kappa shape index (κ2) is 7.34. The van der Waals surface area contributed by atoms with Gasteiger partial charge < -0.3 is 15.4 Å². The van der Waals surface area contributed by atoms with Crippen LogP contribution in [0.1, 0.15) is 42.6 Å². The Balaban J connectivity index is 1.77. The summed E-state index contributed by atoms with van der Waals surface area (Å²) in [5, 5.41) is 19.0. The summed E-state index contributed by atoms with van der Waals surface area (Å²) in [5.74, 6) is -0.627. The lowest BCUT2D eigenvalue weighted by Gasteiger charge is -2.22. The molecule has 9 heteroatoms. The SMILES string of the molecule is CCC(C)C(NC(=O)Cn1cc(C(=O)O)nn1)c1nc2ccccc2[nH]1. The number of aromatic carboxylic acids is 1. The Morgan fingerprint density at radius 3 is 2.77 bits per heavy atom. The minimum Gasteiger partial charge on any atom is -0.476 e. The number of fused-ring (bicyclic) bond motifs is 1. The van der Waals surface area contributed by atoms with Gasteiger partial charge in [0.1, 0.15) is 12.4 Å². The first kappa shape index (κ1) is 17.6. The van der Waals surface area contributed by atoms with Crippen molar-refractivity contribution >= 4 is 22.9 Å². The number of carbonyl (C=O) groups excluding carboxylic acids is 1. The molecule has 2 aromatic heterocycles. The summed E-state index contributed by atoms with van der Waals surface area (Å²) in [7, 11) is 0. The van der Waals surface area contributed by atoms with Crippen molar-refractivity contribution in [2.24, 2.45) is 5.92 Å². The highest BCUT2D eigenvalue weighted by molar-refractivity contribution is 5.85. The van der Waals surface area contributed by atoms with Gasteiger partial charge in [-0.25, -0.2) is 14.5 Å². The van der Waals surface area contributed by atoms with Crippen molar-refractivity contribution in [1.82, 2.24) is 30.3 Å². The molecule has 9 nitrogen and oxygen atoms in total. The van der Waals surface area contributed by atoms with Crippen molar-refractivity contribution in [2.45, 2.75) is 32.9 Å². The summed E-state index contributed by atoms with van der Waals surface area (Å²) >= 11 is 0. The Morgan fingerprint density at radius 2 is 2.12 bits per heavy atom. The van der Waals surface area contributed by atoms with E-state index in [1.807, 2.05) is 38.1 Å². The lowest BCUT2D eigenvalue weighted by molar-refractivity contribution is -0.123. The number of benzene rings is 1. The number of hydrogen-bond acceptors (Lipinski definition) is 5. The number of para-hydroxylation sites is 2. The van der Waals surface area contributed by atoms with E-state index in [9.17, 15) is 9.59 Å². The number of carbonyl (C=O) groups is 2. The third-order valence-electron chi connectivity index (χ3n) is 4.30. The van der Waals surface area contributed by atoms with Gasteiger partial charge in [0, 0.05) is 0 Å². The van der Waals surface area contributed by atoms with Gasteiger partial charge in [0.25, 0.3) is 0 Å². The van der Waals surface area contributed by atoms with Gasteiger partial charge in [-0.05, 0) is 18.1 Å². The minimum absolute atomic E-state index is 0.118. The second-order valence-corrected chi connectivity index (χ2v) is 6.18. The van der Waals surface area contributed by atoms with E-state index >= 15 is 0 Å². The molecule has 1 amide bonds. The maximum atomic E-state index is 12.4. The third-order valence-corrected chi connectivity index (χ3v) is 4.30. The number of aromatic nitrogens is 5. The first-order valence-corrected chi connectivity index (χ1v) is 8.35. The molecule has 1 aromatic carbocycles. The molecule has 2 atom stereocenters. The monoisotopic (exact) mass is 356 g/mol. The van der Waals surface area contributed by atoms with Gasteiger partial charge >= 0.3 is 5.97 Å². The van der Waals surface area contributed by atoms with E-state index in [2.05, 4.69) is 25.6 Å². The summed E-state index contributed by atoms with van der Waals surface area (Å²) in [6, 6.07) is 7.39. The Bertz CT molecular complexity index is 898. The number of nitrogens with one attached hydrogen (secondary N) is 2. The number of carboxylic acids is 1. The highest BCUT2D eigenvalue weighted by Gasteiger charge is 2.24. The molecule has 0 spiro atoms. The topological polar surface area (TPSA) is 126 Å². The van der Waals surface area contributed by atoms with Crippen molar-refractivity contribution in [2.75, 3.05) is 0 Å². The zero-order chi connectivity index (χ0) is 18.7. The van der Waals surface area contributed by atoms with Crippen LogP contribution in [-0.2, 0) is 11.3 Å². The number of hydrogen-bond donors (Lipinski definition) is 3. The molecule has 0 saturated heterocycles. The molecule has 0 saturated carbocycles. The Hall–Kier alpha value is -3.23. The predicted octanol–water partition coefficient (Wildman–Crippen LogP) is 1.76. The van der Waals surface area contributed by atoms with Crippen LogP contribution in [0.5, 0.6) is 0 Å². The van der Waals surface area contributed by atoms with Gasteiger partial charge in [0.15, 0.2) is 5.69 Å². The van der Waals surface area contributed by atoms with Crippen molar-refractivity contribution < 1.29 is 14.7 Å². The Morgan fingerprint density at radius 1 is 1.35 bits per heavy atom. The normalized spacial score (nSPS) is 13.5. The maximum Gasteiger partial charge on any atom is 0.358 e. The van der Waals surface area contributed by atoms with Crippen molar-refractivity contribution in [3.8, 4) is 0 Å². The molecule has 2 unspecified atom stereocenters. The Labute approximate surface area is 149 Å². The largest absolute Gasteiger partial charge is 0.476 e. The summed E-state index contributed by atoms with van der Waals surface area (Å²) in [5.41, 5.74) is 1.55. The van der Waals surface area contributed by atoms with Crippen LogP contribution in [-0.4, -0.2) is 41.9 Å². The Kier molecular flexibility index (Phi) is 4.97. The highest BCUT2D eigenvalue weighted by atomic mass is 16.4. The van der Waals surface area contributed by atoms with Crippen molar-refractivity contribution in [3.63, 3.8) is 0 Å². The first-order chi connectivity index (χ1) is 12.5.